The first kappa shape index (κ1) is 13.9. The summed E-state index contributed by atoms with van der Waals surface area (Å²) >= 11 is 0. The van der Waals surface area contributed by atoms with Crippen molar-refractivity contribution in [3.8, 4) is 0 Å². The van der Waals surface area contributed by atoms with Crippen molar-refractivity contribution in [3.63, 3.8) is 0 Å². The molecule has 0 aromatic carbocycles. The molecule has 0 bridgehead atoms. The zero-order chi connectivity index (χ0) is 12.4. The number of sulfonamides is 1. The number of nitrogens with one attached hydrogen (secondary N) is 1. The Morgan fingerprint density at radius 3 is 2.50 bits per heavy atom. The predicted molar refractivity (Wildman–Crippen MR) is 66.9 cm³/mol. The van der Waals surface area contributed by atoms with Crippen LogP contribution in [0.1, 0.15) is 34.1 Å². The summed E-state index contributed by atoms with van der Waals surface area (Å²) in [4.78, 5) is 0. The summed E-state index contributed by atoms with van der Waals surface area (Å²) in [6.45, 7) is 10.3. The highest BCUT2D eigenvalue weighted by Gasteiger charge is 2.30. The highest BCUT2D eigenvalue weighted by molar-refractivity contribution is 7.89. The van der Waals surface area contributed by atoms with Gasteiger partial charge in [-0.2, -0.15) is 4.31 Å². The number of nitrogens with zero attached hydrogens (tertiary/aromatic N) is 1. The van der Waals surface area contributed by atoms with Gasteiger partial charge in [0.25, 0.3) is 0 Å². The Bertz CT molecular complexity index is 319. The molecule has 0 aliphatic carbocycles. The molecule has 0 spiro atoms. The van der Waals surface area contributed by atoms with E-state index < -0.39 is 10.0 Å². The molecule has 1 unspecified atom stereocenters. The van der Waals surface area contributed by atoms with E-state index in [1.807, 2.05) is 6.92 Å². The molecule has 1 fully saturated rings. The lowest BCUT2D eigenvalue weighted by molar-refractivity contribution is 0.281. The summed E-state index contributed by atoms with van der Waals surface area (Å²) in [5, 5.41) is 3.20. The standard InChI is InChI=1S/C11H24N2O2S/c1-10-9-12-6-7-13(10)16(14,15)8-5-11(2,3)4/h10,12H,5-9H2,1-4H3. The van der Waals surface area contributed by atoms with Crippen molar-refractivity contribution in [2.75, 3.05) is 25.4 Å². The highest BCUT2D eigenvalue weighted by Crippen LogP contribution is 2.21. The van der Waals surface area contributed by atoms with Gasteiger partial charge in [-0.25, -0.2) is 8.42 Å². The number of piperazine rings is 1. The predicted octanol–water partition coefficient (Wildman–Crippen LogP) is 1.05. The van der Waals surface area contributed by atoms with Crippen molar-refractivity contribution in [2.24, 2.45) is 5.41 Å². The van der Waals surface area contributed by atoms with E-state index in [2.05, 4.69) is 26.1 Å². The average Bonchev–Trinajstić information content (AvgIpc) is 2.14. The minimum atomic E-state index is -3.07. The van der Waals surface area contributed by atoms with Crippen LogP contribution in [0.25, 0.3) is 0 Å². The second-order valence-corrected chi connectivity index (χ2v) is 7.83. The van der Waals surface area contributed by atoms with Gasteiger partial charge in [-0.15, -0.1) is 0 Å². The van der Waals surface area contributed by atoms with Gasteiger partial charge in [0.15, 0.2) is 0 Å². The van der Waals surface area contributed by atoms with E-state index in [1.165, 1.54) is 0 Å². The molecule has 1 aliphatic rings. The van der Waals surface area contributed by atoms with E-state index in [0.717, 1.165) is 13.1 Å². The van der Waals surface area contributed by atoms with Gasteiger partial charge in [-0.3, -0.25) is 0 Å². The molecule has 1 saturated heterocycles. The molecule has 4 nitrogen and oxygen atoms in total. The van der Waals surface area contributed by atoms with Crippen LogP contribution in [0.5, 0.6) is 0 Å². The van der Waals surface area contributed by atoms with Crippen LogP contribution in [0.15, 0.2) is 0 Å². The van der Waals surface area contributed by atoms with E-state index in [1.54, 1.807) is 4.31 Å². The molecule has 0 aromatic heterocycles. The summed E-state index contributed by atoms with van der Waals surface area (Å²) in [7, 11) is -3.07. The van der Waals surface area contributed by atoms with Gasteiger partial charge in [0.2, 0.25) is 10.0 Å². The van der Waals surface area contributed by atoms with Crippen molar-refractivity contribution in [1.82, 2.24) is 9.62 Å². The molecule has 16 heavy (non-hydrogen) atoms. The molecule has 0 amide bonds. The fourth-order valence-corrected chi connectivity index (χ4v) is 3.89. The third kappa shape index (κ3) is 4.03. The van der Waals surface area contributed by atoms with Crippen LogP contribution in [-0.2, 0) is 10.0 Å². The van der Waals surface area contributed by atoms with Crippen LogP contribution >= 0.6 is 0 Å². The third-order valence-electron chi connectivity index (χ3n) is 2.91. The quantitative estimate of drug-likeness (QED) is 0.812. The second kappa shape index (κ2) is 5.02. The molecule has 1 N–H and O–H groups in total. The topological polar surface area (TPSA) is 49.4 Å². The summed E-state index contributed by atoms with van der Waals surface area (Å²) in [6, 6.07) is 0.0821. The minimum Gasteiger partial charge on any atom is -0.314 e. The number of rotatable bonds is 3. The molecule has 1 heterocycles. The SMILES string of the molecule is CC1CNCCN1S(=O)(=O)CCC(C)(C)C. The van der Waals surface area contributed by atoms with E-state index >= 15 is 0 Å². The van der Waals surface area contributed by atoms with E-state index in [9.17, 15) is 8.42 Å². The first-order valence-electron chi connectivity index (χ1n) is 5.93. The van der Waals surface area contributed by atoms with Gasteiger partial charge in [-0.05, 0) is 18.8 Å². The molecular weight excluding hydrogens is 224 g/mol. The zero-order valence-electron chi connectivity index (χ0n) is 10.8. The average molecular weight is 248 g/mol. The zero-order valence-corrected chi connectivity index (χ0v) is 11.6. The molecular formula is C11H24N2O2S. The highest BCUT2D eigenvalue weighted by atomic mass is 32.2. The monoisotopic (exact) mass is 248 g/mol. The lowest BCUT2D eigenvalue weighted by Crippen LogP contribution is -2.52. The van der Waals surface area contributed by atoms with E-state index in [0.29, 0.717) is 13.0 Å². The van der Waals surface area contributed by atoms with Gasteiger partial charge in [0, 0.05) is 25.7 Å². The van der Waals surface area contributed by atoms with Crippen molar-refractivity contribution in [2.45, 2.75) is 40.2 Å². The fraction of sp³-hybridized carbons (Fsp3) is 1.00. The summed E-state index contributed by atoms with van der Waals surface area (Å²) in [6.07, 6.45) is 0.714. The van der Waals surface area contributed by atoms with Crippen molar-refractivity contribution in [1.29, 1.82) is 0 Å². The van der Waals surface area contributed by atoms with E-state index in [4.69, 9.17) is 0 Å². The normalized spacial score (nSPS) is 24.6. The minimum absolute atomic E-state index is 0.0738. The fourth-order valence-electron chi connectivity index (χ4n) is 1.79. The maximum atomic E-state index is 12.1. The molecule has 0 saturated carbocycles. The largest absolute Gasteiger partial charge is 0.314 e. The van der Waals surface area contributed by atoms with Gasteiger partial charge in [0.1, 0.15) is 0 Å². The van der Waals surface area contributed by atoms with E-state index in [-0.39, 0.29) is 17.2 Å². The summed E-state index contributed by atoms with van der Waals surface area (Å²) in [5.41, 5.74) is 0.0738. The molecule has 0 radical (unpaired) electrons. The Kier molecular flexibility index (Phi) is 4.37. The Hall–Kier alpha value is -0.130. The van der Waals surface area contributed by atoms with Crippen molar-refractivity contribution >= 4 is 10.0 Å². The number of hydrogen-bond donors (Lipinski definition) is 1. The van der Waals surface area contributed by atoms with Crippen LogP contribution in [0.3, 0.4) is 0 Å². The van der Waals surface area contributed by atoms with Gasteiger partial charge in [-0.1, -0.05) is 20.8 Å². The van der Waals surface area contributed by atoms with Crippen LogP contribution in [0.4, 0.5) is 0 Å². The van der Waals surface area contributed by atoms with Gasteiger partial charge >= 0.3 is 0 Å². The molecule has 1 rings (SSSR count). The summed E-state index contributed by atoms with van der Waals surface area (Å²) < 4.78 is 25.9. The molecule has 1 atom stereocenters. The Morgan fingerprint density at radius 1 is 1.38 bits per heavy atom. The Morgan fingerprint density at radius 2 is 2.00 bits per heavy atom. The first-order chi connectivity index (χ1) is 7.22. The van der Waals surface area contributed by atoms with Gasteiger partial charge in [0.05, 0.1) is 5.75 Å². The van der Waals surface area contributed by atoms with Crippen LogP contribution < -0.4 is 5.32 Å². The molecule has 0 aromatic rings. The van der Waals surface area contributed by atoms with Crippen molar-refractivity contribution < 1.29 is 8.42 Å². The second-order valence-electron chi connectivity index (χ2n) is 5.79. The third-order valence-corrected chi connectivity index (χ3v) is 4.88. The van der Waals surface area contributed by atoms with Gasteiger partial charge < -0.3 is 5.32 Å². The maximum absolute atomic E-state index is 12.1. The summed E-state index contributed by atoms with van der Waals surface area (Å²) in [5.74, 6) is 0.265. The lowest BCUT2D eigenvalue weighted by Gasteiger charge is -2.33. The first-order valence-corrected chi connectivity index (χ1v) is 7.53. The Labute approximate surface area is 99.5 Å². The maximum Gasteiger partial charge on any atom is 0.214 e. The smallest absolute Gasteiger partial charge is 0.214 e. The molecule has 96 valence electrons. The molecule has 1 aliphatic heterocycles. The lowest BCUT2D eigenvalue weighted by atomic mass is 9.94. The van der Waals surface area contributed by atoms with Crippen LogP contribution in [0, 0.1) is 5.41 Å². The van der Waals surface area contributed by atoms with Crippen molar-refractivity contribution in [3.05, 3.63) is 0 Å². The number of hydrogen-bond acceptors (Lipinski definition) is 3. The van der Waals surface area contributed by atoms with Crippen LogP contribution in [-0.4, -0.2) is 44.2 Å². The molecule has 5 heteroatoms. The Balaban J connectivity index is 2.62. The van der Waals surface area contributed by atoms with Crippen LogP contribution in [0.2, 0.25) is 0 Å².